The lowest BCUT2D eigenvalue weighted by molar-refractivity contribution is -0.135. The van der Waals surface area contributed by atoms with E-state index in [-0.39, 0.29) is 6.10 Å². The lowest BCUT2D eigenvalue weighted by atomic mass is 10.1. The van der Waals surface area contributed by atoms with Gasteiger partial charge in [-0.1, -0.05) is 13.0 Å². The molecule has 0 aromatic heterocycles. The summed E-state index contributed by atoms with van der Waals surface area (Å²) in [7, 11) is 1.34. The predicted molar refractivity (Wildman–Crippen MR) is 55.8 cm³/mol. The van der Waals surface area contributed by atoms with Crippen LogP contribution in [0.1, 0.15) is 26.2 Å². The zero-order valence-corrected chi connectivity index (χ0v) is 8.86. The van der Waals surface area contributed by atoms with Gasteiger partial charge in [-0.15, -0.1) is 6.58 Å². The van der Waals surface area contributed by atoms with Gasteiger partial charge in [0, 0.05) is 0 Å². The Bertz CT molecular complexity index is 197. The molecule has 80 valence electrons. The van der Waals surface area contributed by atoms with Gasteiger partial charge in [-0.3, -0.25) is 0 Å². The molecule has 0 N–H and O–H groups in total. The van der Waals surface area contributed by atoms with Gasteiger partial charge in [0.2, 0.25) is 0 Å². The molecular weight excluding hydrogens is 180 g/mol. The molecule has 0 aliphatic rings. The second-order valence-electron chi connectivity index (χ2n) is 2.86. The fourth-order valence-electron chi connectivity index (χ4n) is 0.946. The Balaban J connectivity index is 3.76. The zero-order valence-electron chi connectivity index (χ0n) is 8.86. The number of carbonyl (C=O) groups excluding carboxylic acids is 1. The highest BCUT2D eigenvalue weighted by atomic mass is 16.5. The van der Waals surface area contributed by atoms with Crippen molar-refractivity contribution in [3.63, 3.8) is 0 Å². The van der Waals surface area contributed by atoms with Gasteiger partial charge >= 0.3 is 5.97 Å². The Morgan fingerprint density at radius 2 is 2.29 bits per heavy atom. The molecule has 0 aliphatic heterocycles. The number of rotatable bonds is 7. The second kappa shape index (κ2) is 8.35. The van der Waals surface area contributed by atoms with E-state index in [2.05, 4.69) is 11.3 Å². The molecule has 0 heterocycles. The van der Waals surface area contributed by atoms with Crippen molar-refractivity contribution in [2.75, 3.05) is 7.11 Å². The van der Waals surface area contributed by atoms with Gasteiger partial charge < -0.3 is 9.47 Å². The van der Waals surface area contributed by atoms with E-state index in [4.69, 9.17) is 4.74 Å². The number of ether oxygens (including phenoxy) is 2. The van der Waals surface area contributed by atoms with Crippen LogP contribution in [0.5, 0.6) is 0 Å². The Hall–Kier alpha value is -1.25. The lowest BCUT2D eigenvalue weighted by Gasteiger charge is -2.12. The van der Waals surface area contributed by atoms with Crippen LogP contribution in [0.15, 0.2) is 25.0 Å². The van der Waals surface area contributed by atoms with Crippen molar-refractivity contribution < 1.29 is 14.3 Å². The van der Waals surface area contributed by atoms with Crippen molar-refractivity contribution in [1.29, 1.82) is 0 Å². The number of esters is 1. The van der Waals surface area contributed by atoms with Gasteiger partial charge in [-0.25, -0.2) is 4.79 Å². The van der Waals surface area contributed by atoms with Crippen LogP contribution >= 0.6 is 0 Å². The molecule has 0 aromatic rings. The number of carbonyl (C=O) groups is 1. The van der Waals surface area contributed by atoms with E-state index in [1.54, 1.807) is 0 Å². The monoisotopic (exact) mass is 198 g/mol. The third-order valence-electron chi connectivity index (χ3n) is 1.82. The molecule has 14 heavy (non-hydrogen) atoms. The van der Waals surface area contributed by atoms with E-state index in [0.717, 1.165) is 19.3 Å². The lowest BCUT2D eigenvalue weighted by Crippen LogP contribution is -2.07. The minimum absolute atomic E-state index is 0.147. The Kier molecular flexibility index (Phi) is 7.61. The highest BCUT2D eigenvalue weighted by Crippen LogP contribution is 2.07. The molecule has 0 bridgehead atoms. The van der Waals surface area contributed by atoms with E-state index < -0.39 is 5.97 Å². The number of allylic oxidation sites excluding steroid dienone is 1. The molecule has 0 fully saturated rings. The molecule has 0 rings (SSSR count). The number of hydrogen-bond donors (Lipinski definition) is 0. The standard InChI is InChI=1S/C11H18O3/c1-4-6-7-10(5-2)14-9-8-11(12)13-3/h4,8-10H,1,5-7H2,2-3H3/b9-8+/t10-/m1/s1. The molecule has 3 nitrogen and oxygen atoms in total. The Labute approximate surface area is 85.4 Å². The van der Waals surface area contributed by atoms with Crippen molar-refractivity contribution in [2.45, 2.75) is 32.3 Å². The van der Waals surface area contributed by atoms with Crippen LogP contribution in [0.4, 0.5) is 0 Å². The van der Waals surface area contributed by atoms with Gasteiger partial charge in [-0.2, -0.15) is 0 Å². The highest BCUT2D eigenvalue weighted by Gasteiger charge is 2.03. The van der Waals surface area contributed by atoms with Gasteiger partial charge in [0.1, 0.15) is 0 Å². The number of methoxy groups -OCH3 is 1. The van der Waals surface area contributed by atoms with Crippen molar-refractivity contribution in [3.05, 3.63) is 25.0 Å². The first kappa shape index (κ1) is 12.8. The maximum Gasteiger partial charge on any atom is 0.333 e. The molecule has 0 radical (unpaired) electrons. The highest BCUT2D eigenvalue weighted by molar-refractivity contribution is 5.81. The fraction of sp³-hybridized carbons (Fsp3) is 0.545. The minimum atomic E-state index is -0.399. The topological polar surface area (TPSA) is 35.5 Å². The molecular formula is C11H18O3. The second-order valence-corrected chi connectivity index (χ2v) is 2.86. The van der Waals surface area contributed by atoms with Gasteiger partial charge in [0.05, 0.1) is 25.6 Å². The van der Waals surface area contributed by atoms with E-state index >= 15 is 0 Å². The van der Waals surface area contributed by atoms with Crippen molar-refractivity contribution in [3.8, 4) is 0 Å². The summed E-state index contributed by atoms with van der Waals surface area (Å²) in [5.74, 6) is -0.399. The smallest absolute Gasteiger partial charge is 0.333 e. The molecule has 0 saturated heterocycles. The first-order valence-corrected chi connectivity index (χ1v) is 4.75. The van der Waals surface area contributed by atoms with Crippen LogP contribution in [0.2, 0.25) is 0 Å². The SMILES string of the molecule is C=CCC[C@@H](CC)O/C=C/C(=O)OC. The summed E-state index contributed by atoms with van der Waals surface area (Å²) >= 11 is 0. The Morgan fingerprint density at radius 3 is 2.79 bits per heavy atom. The van der Waals surface area contributed by atoms with Crippen molar-refractivity contribution in [2.24, 2.45) is 0 Å². The summed E-state index contributed by atoms with van der Waals surface area (Å²) in [5.41, 5.74) is 0. The summed E-state index contributed by atoms with van der Waals surface area (Å²) in [6.45, 7) is 5.68. The predicted octanol–water partition coefficient (Wildman–Crippen LogP) is 2.43. The van der Waals surface area contributed by atoms with E-state index in [0.29, 0.717) is 0 Å². The molecule has 0 saturated carbocycles. The molecule has 0 amide bonds. The molecule has 0 spiro atoms. The average molecular weight is 198 g/mol. The molecule has 0 unspecified atom stereocenters. The van der Waals surface area contributed by atoms with Crippen molar-refractivity contribution >= 4 is 5.97 Å². The van der Waals surface area contributed by atoms with Crippen LogP contribution < -0.4 is 0 Å². The summed E-state index contributed by atoms with van der Waals surface area (Å²) in [6.07, 6.45) is 7.43. The third kappa shape index (κ3) is 6.29. The normalized spacial score (nSPS) is 12.4. The van der Waals surface area contributed by atoms with Crippen molar-refractivity contribution in [1.82, 2.24) is 0 Å². The van der Waals surface area contributed by atoms with E-state index in [1.807, 2.05) is 13.0 Å². The molecule has 1 atom stereocenters. The summed E-state index contributed by atoms with van der Waals surface area (Å²) in [4.78, 5) is 10.7. The van der Waals surface area contributed by atoms with E-state index in [9.17, 15) is 4.79 Å². The molecule has 0 aromatic carbocycles. The van der Waals surface area contributed by atoms with Crippen LogP contribution in [0.3, 0.4) is 0 Å². The zero-order chi connectivity index (χ0) is 10.8. The largest absolute Gasteiger partial charge is 0.498 e. The maximum absolute atomic E-state index is 10.7. The van der Waals surface area contributed by atoms with Gasteiger partial charge in [-0.05, 0) is 19.3 Å². The number of hydrogen-bond acceptors (Lipinski definition) is 3. The summed E-state index contributed by atoms with van der Waals surface area (Å²) in [6, 6.07) is 0. The van der Waals surface area contributed by atoms with Crippen LogP contribution in [-0.4, -0.2) is 19.2 Å². The fourth-order valence-corrected chi connectivity index (χ4v) is 0.946. The van der Waals surface area contributed by atoms with Gasteiger partial charge in [0.25, 0.3) is 0 Å². The van der Waals surface area contributed by atoms with Crippen LogP contribution in [0, 0.1) is 0 Å². The van der Waals surface area contributed by atoms with Gasteiger partial charge in [0.15, 0.2) is 0 Å². The quantitative estimate of drug-likeness (QED) is 0.273. The molecule has 0 aliphatic carbocycles. The van der Waals surface area contributed by atoms with Crippen LogP contribution in [-0.2, 0) is 14.3 Å². The summed E-state index contributed by atoms with van der Waals surface area (Å²) in [5, 5.41) is 0. The van der Waals surface area contributed by atoms with Crippen LogP contribution in [0.25, 0.3) is 0 Å². The first-order valence-electron chi connectivity index (χ1n) is 4.75. The first-order chi connectivity index (χ1) is 6.74. The average Bonchev–Trinajstić information content (AvgIpc) is 2.22. The van der Waals surface area contributed by atoms with E-state index in [1.165, 1.54) is 19.4 Å². The third-order valence-corrected chi connectivity index (χ3v) is 1.82. The molecule has 3 heteroatoms. The maximum atomic E-state index is 10.7. The summed E-state index contributed by atoms with van der Waals surface area (Å²) < 4.78 is 9.76. The minimum Gasteiger partial charge on any atom is -0.498 e. The Morgan fingerprint density at radius 1 is 1.57 bits per heavy atom.